The van der Waals surface area contributed by atoms with E-state index in [4.69, 9.17) is 16.3 Å². The number of carbonyl (C=O) groups excluding carboxylic acids is 2. The molecule has 1 N–H and O–H groups in total. The Morgan fingerprint density at radius 1 is 1.19 bits per heavy atom. The van der Waals surface area contributed by atoms with Gasteiger partial charge >= 0.3 is 0 Å². The normalized spacial score (nSPS) is 13.9. The Kier molecular flexibility index (Phi) is 5.42. The van der Waals surface area contributed by atoms with Crippen LogP contribution in [0.3, 0.4) is 0 Å². The number of hydrogen-bond acceptors (Lipinski definition) is 3. The van der Waals surface area contributed by atoms with Gasteiger partial charge in [0.2, 0.25) is 5.91 Å². The van der Waals surface area contributed by atoms with Crippen LogP contribution in [0.1, 0.15) is 32.8 Å². The molecule has 2 amide bonds. The van der Waals surface area contributed by atoms with E-state index in [0.717, 1.165) is 11.3 Å². The van der Waals surface area contributed by atoms with E-state index in [1.165, 1.54) is 0 Å². The Bertz CT molecular complexity index is 862. The lowest BCUT2D eigenvalue weighted by Crippen LogP contribution is -2.42. The van der Waals surface area contributed by atoms with E-state index in [0.29, 0.717) is 35.8 Å². The maximum absolute atomic E-state index is 12.7. The minimum atomic E-state index is -1.06. The topological polar surface area (TPSA) is 58.6 Å². The maximum Gasteiger partial charge on any atom is 0.267 e. The first-order chi connectivity index (χ1) is 12.8. The highest BCUT2D eigenvalue weighted by molar-refractivity contribution is 6.30. The number of amides is 2. The molecule has 0 saturated carbocycles. The van der Waals surface area contributed by atoms with Crippen molar-refractivity contribution in [2.45, 2.75) is 39.2 Å². The Labute approximate surface area is 164 Å². The summed E-state index contributed by atoms with van der Waals surface area (Å²) < 4.78 is 5.83. The Balaban J connectivity index is 1.73. The van der Waals surface area contributed by atoms with Crippen LogP contribution in [0.15, 0.2) is 42.5 Å². The Morgan fingerprint density at radius 2 is 1.89 bits per heavy atom. The highest BCUT2D eigenvalue weighted by Gasteiger charge is 2.30. The van der Waals surface area contributed by atoms with Crippen molar-refractivity contribution >= 4 is 34.8 Å². The summed E-state index contributed by atoms with van der Waals surface area (Å²) in [5.74, 6) is 0.456. The molecule has 27 heavy (non-hydrogen) atoms. The molecule has 2 aromatic rings. The van der Waals surface area contributed by atoms with Crippen LogP contribution in [0.5, 0.6) is 5.75 Å². The molecule has 142 valence electrons. The largest absolute Gasteiger partial charge is 0.478 e. The summed E-state index contributed by atoms with van der Waals surface area (Å²) in [6.45, 7) is 6.03. The Morgan fingerprint density at radius 3 is 2.56 bits per heavy atom. The average molecular weight is 387 g/mol. The van der Waals surface area contributed by atoms with Crippen LogP contribution < -0.4 is 15.0 Å². The first-order valence-electron chi connectivity index (χ1n) is 8.99. The number of fused-ring (bicyclic) bond motifs is 1. The van der Waals surface area contributed by atoms with Crippen molar-refractivity contribution in [2.75, 3.05) is 16.8 Å². The third-order valence-electron chi connectivity index (χ3n) is 4.59. The van der Waals surface area contributed by atoms with E-state index in [1.807, 2.05) is 25.1 Å². The SMILES string of the molecule is CCN1C(=O)CCc2cc(NC(=O)C(C)(C)Oc3ccc(Cl)cc3)ccc21. The fourth-order valence-electron chi connectivity index (χ4n) is 3.11. The number of halogens is 1. The zero-order valence-corrected chi connectivity index (χ0v) is 16.5. The summed E-state index contributed by atoms with van der Waals surface area (Å²) >= 11 is 5.88. The van der Waals surface area contributed by atoms with Gasteiger partial charge in [-0.25, -0.2) is 0 Å². The fraction of sp³-hybridized carbons (Fsp3) is 0.333. The van der Waals surface area contributed by atoms with Crippen LogP contribution >= 0.6 is 11.6 Å². The van der Waals surface area contributed by atoms with Crippen LogP contribution in [0.4, 0.5) is 11.4 Å². The minimum absolute atomic E-state index is 0.138. The molecule has 0 saturated heterocycles. The van der Waals surface area contributed by atoms with Crippen LogP contribution in [-0.4, -0.2) is 24.0 Å². The first kappa shape index (κ1) is 19.2. The van der Waals surface area contributed by atoms with Crippen molar-refractivity contribution in [1.29, 1.82) is 0 Å². The van der Waals surface area contributed by atoms with E-state index >= 15 is 0 Å². The molecule has 0 atom stereocenters. The van der Waals surface area contributed by atoms with E-state index in [1.54, 1.807) is 43.0 Å². The fourth-order valence-corrected chi connectivity index (χ4v) is 3.24. The van der Waals surface area contributed by atoms with Crippen LogP contribution in [0.25, 0.3) is 0 Å². The van der Waals surface area contributed by atoms with Gasteiger partial charge in [0.1, 0.15) is 5.75 Å². The van der Waals surface area contributed by atoms with Crippen molar-refractivity contribution < 1.29 is 14.3 Å². The summed E-state index contributed by atoms with van der Waals surface area (Å²) in [5, 5.41) is 3.52. The van der Waals surface area contributed by atoms with Crippen molar-refractivity contribution in [1.82, 2.24) is 0 Å². The lowest BCUT2D eigenvalue weighted by Gasteiger charge is -2.29. The van der Waals surface area contributed by atoms with Gasteiger partial charge < -0.3 is 15.0 Å². The van der Waals surface area contributed by atoms with E-state index < -0.39 is 5.60 Å². The highest BCUT2D eigenvalue weighted by Crippen LogP contribution is 2.30. The second-order valence-corrected chi connectivity index (χ2v) is 7.44. The molecule has 0 unspecified atom stereocenters. The molecule has 1 aliphatic heterocycles. The smallest absolute Gasteiger partial charge is 0.267 e. The van der Waals surface area contributed by atoms with E-state index in [9.17, 15) is 9.59 Å². The summed E-state index contributed by atoms with van der Waals surface area (Å²) in [6, 6.07) is 12.5. The lowest BCUT2D eigenvalue weighted by atomic mass is 10.00. The quantitative estimate of drug-likeness (QED) is 0.826. The number of hydrogen-bond donors (Lipinski definition) is 1. The van der Waals surface area contributed by atoms with Gasteiger partial charge in [-0.15, -0.1) is 0 Å². The van der Waals surface area contributed by atoms with Gasteiger partial charge in [0, 0.05) is 29.4 Å². The molecular weight excluding hydrogens is 364 g/mol. The monoisotopic (exact) mass is 386 g/mol. The zero-order chi connectivity index (χ0) is 19.6. The predicted molar refractivity (Wildman–Crippen MR) is 108 cm³/mol. The molecule has 1 heterocycles. The molecular formula is C21H23ClN2O3. The van der Waals surface area contributed by atoms with Gasteiger partial charge in [-0.1, -0.05) is 11.6 Å². The zero-order valence-electron chi connectivity index (χ0n) is 15.7. The second kappa shape index (κ2) is 7.61. The second-order valence-electron chi connectivity index (χ2n) is 7.00. The van der Waals surface area contributed by atoms with Crippen LogP contribution in [0.2, 0.25) is 5.02 Å². The molecule has 0 fully saturated rings. The van der Waals surface area contributed by atoms with Gasteiger partial charge in [-0.2, -0.15) is 0 Å². The van der Waals surface area contributed by atoms with Gasteiger partial charge in [0.15, 0.2) is 5.60 Å². The summed E-state index contributed by atoms with van der Waals surface area (Å²) in [7, 11) is 0. The van der Waals surface area contributed by atoms with Gasteiger partial charge in [0.25, 0.3) is 5.91 Å². The third-order valence-corrected chi connectivity index (χ3v) is 4.84. The molecule has 1 aliphatic rings. The number of nitrogens with one attached hydrogen (secondary N) is 1. The number of rotatable bonds is 5. The lowest BCUT2D eigenvalue weighted by molar-refractivity contribution is -0.128. The maximum atomic E-state index is 12.7. The van der Waals surface area contributed by atoms with Gasteiger partial charge in [0.05, 0.1) is 0 Å². The number of benzene rings is 2. The number of ether oxygens (including phenoxy) is 1. The molecule has 0 aromatic heterocycles. The van der Waals surface area contributed by atoms with Gasteiger partial charge in [-0.05, 0) is 75.2 Å². The van der Waals surface area contributed by atoms with Crippen molar-refractivity contribution in [3.05, 3.63) is 53.1 Å². The van der Waals surface area contributed by atoms with Crippen molar-refractivity contribution in [3.8, 4) is 5.75 Å². The molecule has 0 aliphatic carbocycles. The summed E-state index contributed by atoms with van der Waals surface area (Å²) in [4.78, 5) is 26.5. The van der Waals surface area contributed by atoms with Crippen molar-refractivity contribution in [2.24, 2.45) is 0 Å². The number of anilines is 2. The van der Waals surface area contributed by atoms with E-state index in [-0.39, 0.29) is 11.8 Å². The van der Waals surface area contributed by atoms with Crippen LogP contribution in [0, 0.1) is 0 Å². The molecule has 3 rings (SSSR count). The average Bonchev–Trinajstić information content (AvgIpc) is 2.63. The number of carbonyl (C=O) groups is 2. The third kappa shape index (κ3) is 4.25. The molecule has 5 nitrogen and oxygen atoms in total. The van der Waals surface area contributed by atoms with E-state index in [2.05, 4.69) is 5.32 Å². The highest BCUT2D eigenvalue weighted by atomic mass is 35.5. The molecule has 0 spiro atoms. The molecule has 6 heteroatoms. The molecule has 2 aromatic carbocycles. The Hall–Kier alpha value is -2.53. The standard InChI is InChI=1S/C21H23ClN2O3/c1-4-24-18-11-8-16(13-14(18)5-12-19(24)25)23-20(26)21(2,3)27-17-9-6-15(22)7-10-17/h6-11,13H,4-5,12H2,1-3H3,(H,23,26). The number of nitrogens with zero attached hydrogens (tertiary/aromatic N) is 1. The molecule has 0 radical (unpaired) electrons. The summed E-state index contributed by atoms with van der Waals surface area (Å²) in [6.07, 6.45) is 1.17. The minimum Gasteiger partial charge on any atom is -0.478 e. The first-order valence-corrected chi connectivity index (χ1v) is 9.37. The van der Waals surface area contributed by atoms with Gasteiger partial charge in [-0.3, -0.25) is 9.59 Å². The van der Waals surface area contributed by atoms with Crippen LogP contribution in [-0.2, 0) is 16.0 Å². The summed E-state index contributed by atoms with van der Waals surface area (Å²) in [5.41, 5.74) is 1.61. The van der Waals surface area contributed by atoms with Crippen molar-refractivity contribution in [3.63, 3.8) is 0 Å². The molecule has 0 bridgehead atoms. The predicted octanol–water partition coefficient (Wildman–Crippen LogP) is 4.44. The number of aryl methyl sites for hydroxylation is 1.